The molecular formula is C13H16N2O2. The smallest absolute Gasteiger partial charge is 0.343 e. The average Bonchev–Trinajstić information content (AvgIpc) is 2.27. The Bertz CT molecular complexity index is 455. The topological polar surface area (TPSA) is 78.3 Å². The standard InChI is InChI=1S/C13H16N2O2/c1-9(14)3-4-10(2)17-13(16)11-5-7-12(15)8-6-11/h3-8H,14-15H2,1-2H3/b9-3+,10-4+. The van der Waals surface area contributed by atoms with Crippen LogP contribution < -0.4 is 11.5 Å². The molecule has 1 rings (SSSR count). The molecule has 0 spiro atoms. The van der Waals surface area contributed by atoms with E-state index >= 15 is 0 Å². The zero-order chi connectivity index (χ0) is 12.8. The molecule has 0 unspecified atom stereocenters. The predicted molar refractivity (Wildman–Crippen MR) is 68.0 cm³/mol. The Morgan fingerprint density at radius 3 is 2.29 bits per heavy atom. The fraction of sp³-hybridized carbons (Fsp3) is 0.154. The summed E-state index contributed by atoms with van der Waals surface area (Å²) in [6.07, 6.45) is 3.32. The van der Waals surface area contributed by atoms with E-state index in [1.165, 1.54) is 0 Å². The van der Waals surface area contributed by atoms with Gasteiger partial charge in [0.2, 0.25) is 0 Å². The van der Waals surface area contributed by atoms with Crippen molar-refractivity contribution in [1.82, 2.24) is 0 Å². The van der Waals surface area contributed by atoms with Gasteiger partial charge in [-0.05, 0) is 50.3 Å². The molecule has 4 heteroatoms. The molecule has 4 N–H and O–H groups in total. The predicted octanol–water partition coefficient (Wildman–Crippen LogP) is 2.19. The number of hydrogen-bond donors (Lipinski definition) is 2. The van der Waals surface area contributed by atoms with Crippen LogP contribution in [0.1, 0.15) is 24.2 Å². The van der Waals surface area contributed by atoms with Crippen LogP contribution in [0.4, 0.5) is 5.69 Å². The molecule has 0 aromatic heterocycles. The first-order valence-electron chi connectivity index (χ1n) is 5.17. The van der Waals surface area contributed by atoms with Gasteiger partial charge in [-0.3, -0.25) is 0 Å². The van der Waals surface area contributed by atoms with Gasteiger partial charge in [0, 0.05) is 11.4 Å². The highest BCUT2D eigenvalue weighted by atomic mass is 16.5. The number of rotatable bonds is 3. The van der Waals surface area contributed by atoms with E-state index in [4.69, 9.17) is 16.2 Å². The number of esters is 1. The van der Waals surface area contributed by atoms with E-state index < -0.39 is 5.97 Å². The fourth-order valence-corrected chi connectivity index (χ4v) is 1.11. The highest BCUT2D eigenvalue weighted by Crippen LogP contribution is 2.09. The van der Waals surface area contributed by atoms with E-state index in [9.17, 15) is 4.79 Å². The molecule has 0 heterocycles. The van der Waals surface area contributed by atoms with E-state index in [2.05, 4.69) is 0 Å². The highest BCUT2D eigenvalue weighted by molar-refractivity contribution is 5.90. The van der Waals surface area contributed by atoms with E-state index in [0.29, 0.717) is 22.7 Å². The zero-order valence-corrected chi connectivity index (χ0v) is 9.94. The number of hydrogen-bond acceptors (Lipinski definition) is 4. The number of anilines is 1. The zero-order valence-electron chi connectivity index (χ0n) is 9.94. The van der Waals surface area contributed by atoms with Crippen LogP contribution in [0.2, 0.25) is 0 Å². The van der Waals surface area contributed by atoms with Crippen molar-refractivity contribution in [3.8, 4) is 0 Å². The molecule has 17 heavy (non-hydrogen) atoms. The quantitative estimate of drug-likeness (QED) is 0.362. The third-order valence-corrected chi connectivity index (χ3v) is 1.98. The Balaban J connectivity index is 2.70. The summed E-state index contributed by atoms with van der Waals surface area (Å²) >= 11 is 0. The Hall–Kier alpha value is -2.23. The van der Waals surface area contributed by atoms with Gasteiger partial charge in [0.15, 0.2) is 0 Å². The van der Waals surface area contributed by atoms with Crippen LogP contribution in [-0.4, -0.2) is 5.97 Å². The Morgan fingerprint density at radius 1 is 1.18 bits per heavy atom. The molecule has 0 aliphatic heterocycles. The minimum atomic E-state index is -0.415. The summed E-state index contributed by atoms with van der Waals surface area (Å²) in [5, 5.41) is 0. The highest BCUT2D eigenvalue weighted by Gasteiger charge is 2.06. The third-order valence-electron chi connectivity index (χ3n) is 1.98. The molecule has 0 aliphatic carbocycles. The van der Waals surface area contributed by atoms with Crippen LogP contribution in [0.15, 0.2) is 47.9 Å². The van der Waals surface area contributed by atoms with Crippen molar-refractivity contribution in [1.29, 1.82) is 0 Å². The van der Waals surface area contributed by atoms with Gasteiger partial charge in [-0.15, -0.1) is 0 Å². The molecule has 0 saturated heterocycles. The Labute approximate surface area is 101 Å². The molecule has 0 atom stereocenters. The summed E-state index contributed by atoms with van der Waals surface area (Å²) < 4.78 is 5.11. The Kier molecular flexibility index (Phi) is 4.34. The van der Waals surface area contributed by atoms with Crippen molar-refractivity contribution in [2.45, 2.75) is 13.8 Å². The van der Waals surface area contributed by atoms with Gasteiger partial charge < -0.3 is 16.2 Å². The maximum absolute atomic E-state index is 11.7. The number of nitrogens with two attached hydrogens (primary N) is 2. The van der Waals surface area contributed by atoms with Crippen molar-refractivity contribution < 1.29 is 9.53 Å². The number of carbonyl (C=O) groups is 1. The summed E-state index contributed by atoms with van der Waals surface area (Å²) in [6.45, 7) is 3.44. The summed E-state index contributed by atoms with van der Waals surface area (Å²) in [7, 11) is 0. The van der Waals surface area contributed by atoms with Crippen LogP contribution in [0, 0.1) is 0 Å². The van der Waals surface area contributed by atoms with E-state index in [0.717, 1.165) is 0 Å². The van der Waals surface area contributed by atoms with Crippen LogP contribution >= 0.6 is 0 Å². The molecule has 0 radical (unpaired) electrons. The Morgan fingerprint density at radius 2 is 1.76 bits per heavy atom. The maximum atomic E-state index is 11.7. The molecule has 0 saturated carbocycles. The van der Waals surface area contributed by atoms with Gasteiger partial charge in [0.1, 0.15) is 5.76 Å². The third kappa shape index (κ3) is 4.42. The molecule has 4 nitrogen and oxygen atoms in total. The lowest BCUT2D eigenvalue weighted by atomic mass is 10.2. The second-order valence-electron chi connectivity index (χ2n) is 3.70. The number of benzene rings is 1. The minimum Gasteiger partial charge on any atom is -0.428 e. The summed E-state index contributed by atoms with van der Waals surface area (Å²) in [5.74, 6) is 0.0680. The van der Waals surface area contributed by atoms with Crippen molar-refractivity contribution in [2.75, 3.05) is 5.73 Å². The van der Waals surface area contributed by atoms with Crippen molar-refractivity contribution >= 4 is 11.7 Å². The summed E-state index contributed by atoms with van der Waals surface area (Å²) in [6, 6.07) is 6.54. The molecule has 0 aliphatic rings. The first kappa shape index (κ1) is 12.8. The average molecular weight is 232 g/mol. The lowest BCUT2D eigenvalue weighted by Crippen LogP contribution is -2.03. The molecular weight excluding hydrogens is 216 g/mol. The molecule has 1 aromatic rings. The van der Waals surface area contributed by atoms with Crippen LogP contribution in [0.5, 0.6) is 0 Å². The van der Waals surface area contributed by atoms with Crippen LogP contribution in [0.3, 0.4) is 0 Å². The molecule has 1 aromatic carbocycles. The number of nitrogen functional groups attached to an aromatic ring is 1. The van der Waals surface area contributed by atoms with Gasteiger partial charge >= 0.3 is 5.97 Å². The first-order chi connectivity index (χ1) is 7.99. The van der Waals surface area contributed by atoms with Gasteiger partial charge in [-0.25, -0.2) is 4.79 Å². The normalized spacial score (nSPS) is 12.4. The maximum Gasteiger partial charge on any atom is 0.343 e. The van der Waals surface area contributed by atoms with E-state index in [-0.39, 0.29) is 0 Å². The van der Waals surface area contributed by atoms with Crippen molar-refractivity contribution in [3.05, 3.63) is 53.4 Å². The van der Waals surface area contributed by atoms with Gasteiger partial charge in [0.25, 0.3) is 0 Å². The van der Waals surface area contributed by atoms with Gasteiger partial charge in [0.05, 0.1) is 5.56 Å². The molecule has 0 bridgehead atoms. The van der Waals surface area contributed by atoms with Crippen molar-refractivity contribution in [3.63, 3.8) is 0 Å². The lowest BCUT2D eigenvalue weighted by Gasteiger charge is -2.04. The lowest BCUT2D eigenvalue weighted by molar-refractivity contribution is 0.0626. The SMILES string of the molecule is C/C(N)=C\C=C(/C)OC(=O)c1ccc(N)cc1. The summed E-state index contributed by atoms with van der Waals surface area (Å²) in [5.41, 5.74) is 12.7. The fourth-order valence-electron chi connectivity index (χ4n) is 1.11. The van der Waals surface area contributed by atoms with Crippen LogP contribution in [-0.2, 0) is 4.74 Å². The minimum absolute atomic E-state index is 0.415. The van der Waals surface area contributed by atoms with E-state index in [1.54, 1.807) is 50.3 Å². The summed E-state index contributed by atoms with van der Waals surface area (Å²) in [4.78, 5) is 11.7. The monoisotopic (exact) mass is 232 g/mol. The number of carbonyl (C=O) groups excluding carboxylic acids is 1. The molecule has 90 valence electrons. The van der Waals surface area contributed by atoms with Gasteiger partial charge in [-0.2, -0.15) is 0 Å². The number of ether oxygens (including phenoxy) is 1. The van der Waals surface area contributed by atoms with E-state index in [1.807, 2.05) is 0 Å². The largest absolute Gasteiger partial charge is 0.428 e. The van der Waals surface area contributed by atoms with Crippen molar-refractivity contribution in [2.24, 2.45) is 5.73 Å². The van der Waals surface area contributed by atoms with Gasteiger partial charge in [-0.1, -0.05) is 0 Å². The number of allylic oxidation sites excluding steroid dienone is 4. The second-order valence-corrected chi connectivity index (χ2v) is 3.70. The molecule has 0 amide bonds. The van der Waals surface area contributed by atoms with Crippen LogP contribution in [0.25, 0.3) is 0 Å². The molecule has 0 fully saturated rings. The second kappa shape index (κ2) is 5.75. The first-order valence-corrected chi connectivity index (χ1v) is 5.17.